The predicted octanol–water partition coefficient (Wildman–Crippen LogP) is 6.03. The zero-order chi connectivity index (χ0) is 37.6. The van der Waals surface area contributed by atoms with Gasteiger partial charge in [-0.25, -0.2) is 22.9 Å². The van der Waals surface area contributed by atoms with Crippen LogP contribution in [-0.4, -0.2) is 41.4 Å². The zero-order valence-electron chi connectivity index (χ0n) is 28.3. The van der Waals surface area contributed by atoms with Crippen molar-refractivity contribution in [3.63, 3.8) is 0 Å². The minimum Gasteiger partial charge on any atom is -0.333 e. The number of nitrogens with one attached hydrogen (secondary N) is 4. The number of aromatic nitrogens is 2. The van der Waals surface area contributed by atoms with Crippen LogP contribution in [0.15, 0.2) is 58.2 Å². The quantitative estimate of drug-likeness (QED) is 0.185. The van der Waals surface area contributed by atoms with Crippen LogP contribution < -0.4 is 26.2 Å². The van der Waals surface area contributed by atoms with Crippen LogP contribution in [0, 0.1) is 5.92 Å². The molecule has 12 nitrogen and oxygen atoms in total. The lowest BCUT2D eigenvalue weighted by Crippen LogP contribution is -2.44. The summed E-state index contributed by atoms with van der Waals surface area (Å²) in [7, 11) is -4.43. The van der Waals surface area contributed by atoms with E-state index in [9.17, 15) is 40.8 Å². The molecule has 0 spiro atoms. The Morgan fingerprint density at radius 2 is 1.55 bits per heavy atom. The number of amides is 4. The lowest BCUT2D eigenvalue weighted by atomic mass is 9.86. The van der Waals surface area contributed by atoms with Crippen molar-refractivity contribution >= 4 is 51.0 Å². The van der Waals surface area contributed by atoms with Gasteiger partial charge in [0.2, 0.25) is 17.6 Å². The molecule has 1 aromatic heterocycles. The number of anilines is 2. The van der Waals surface area contributed by atoms with Crippen LogP contribution in [-0.2, 0) is 45.2 Å². The van der Waals surface area contributed by atoms with Crippen LogP contribution in [0.2, 0.25) is 5.15 Å². The number of alkyl halides is 3. The van der Waals surface area contributed by atoms with Crippen molar-refractivity contribution in [3.8, 4) is 0 Å². The van der Waals surface area contributed by atoms with Crippen LogP contribution in [0.3, 0.4) is 0 Å². The van der Waals surface area contributed by atoms with E-state index in [1.807, 2.05) is 4.72 Å². The van der Waals surface area contributed by atoms with Gasteiger partial charge in [-0.15, -0.1) is 0 Å². The molecule has 0 aliphatic heterocycles. The van der Waals surface area contributed by atoms with E-state index in [1.165, 1.54) is 35.3 Å². The molecule has 0 saturated heterocycles. The largest absolute Gasteiger partial charge is 0.416 e. The Balaban J connectivity index is 1.44. The summed E-state index contributed by atoms with van der Waals surface area (Å²) in [5.41, 5.74) is -1.28. The Kier molecular flexibility index (Phi) is 12.6. The molecule has 0 atom stereocenters. The van der Waals surface area contributed by atoms with E-state index in [2.05, 4.69) is 20.9 Å². The molecule has 3 aromatic rings. The van der Waals surface area contributed by atoms with E-state index < -0.39 is 62.1 Å². The topological polar surface area (TPSA) is 168 Å². The Morgan fingerprint density at radius 3 is 2.14 bits per heavy atom. The molecule has 0 bridgehead atoms. The molecule has 0 radical (unpaired) electrons. The first kappa shape index (κ1) is 39.3. The highest BCUT2D eigenvalue weighted by Crippen LogP contribution is 2.30. The minimum atomic E-state index is -4.65. The van der Waals surface area contributed by atoms with Gasteiger partial charge in [-0.1, -0.05) is 55.8 Å². The van der Waals surface area contributed by atoms with Gasteiger partial charge in [0, 0.05) is 11.2 Å². The maximum Gasteiger partial charge on any atom is 0.416 e. The molecule has 4 rings (SSSR count). The number of carbonyl (C=O) groups excluding carboxylic acids is 3. The standard InChI is InChI=1S/C34H40ClF3N6O6S/c1-33(2,3)42-32(48)41-30-31(47)44(26(29(35)40-30)18-11-21-7-5-4-6-8-21)20-28(46)39-24-14-9-22(10-15-24)19-27(45)43-51(49,50)25-16-12-23(13-17-25)34(36,37)38/h9-10,12-17,21H,4-8,11,18-20H2,1-3H3,(H,39,46)(H,43,45)(H2,40,41,42,48). The Labute approximate surface area is 298 Å². The third kappa shape index (κ3) is 11.5. The van der Waals surface area contributed by atoms with Gasteiger partial charge in [-0.05, 0) is 81.5 Å². The van der Waals surface area contributed by atoms with Gasteiger partial charge in [0.1, 0.15) is 6.54 Å². The molecule has 1 heterocycles. The number of rotatable bonds is 11. The van der Waals surface area contributed by atoms with E-state index in [1.54, 1.807) is 20.8 Å². The molecule has 4 N–H and O–H groups in total. The summed E-state index contributed by atoms with van der Waals surface area (Å²) in [5, 5.41) is 7.79. The van der Waals surface area contributed by atoms with Crippen LogP contribution in [0.25, 0.3) is 0 Å². The van der Waals surface area contributed by atoms with Crippen LogP contribution >= 0.6 is 11.6 Å². The Morgan fingerprint density at radius 1 is 0.922 bits per heavy atom. The number of benzene rings is 2. The van der Waals surface area contributed by atoms with Gasteiger partial charge >= 0.3 is 12.2 Å². The fraction of sp³-hybridized carbons (Fsp3) is 0.441. The number of hydrogen-bond donors (Lipinski definition) is 4. The first-order chi connectivity index (χ1) is 23.8. The van der Waals surface area contributed by atoms with E-state index >= 15 is 0 Å². The van der Waals surface area contributed by atoms with Crippen molar-refractivity contribution in [1.29, 1.82) is 0 Å². The summed E-state index contributed by atoms with van der Waals surface area (Å²) >= 11 is 6.56. The van der Waals surface area contributed by atoms with E-state index in [-0.39, 0.29) is 17.4 Å². The second-order valence-corrected chi connectivity index (χ2v) is 15.5. The number of sulfonamides is 1. The van der Waals surface area contributed by atoms with Crippen LogP contribution in [0.4, 0.5) is 29.5 Å². The monoisotopic (exact) mass is 752 g/mol. The van der Waals surface area contributed by atoms with Crippen molar-refractivity contribution in [3.05, 3.63) is 80.9 Å². The first-order valence-electron chi connectivity index (χ1n) is 16.3. The average Bonchev–Trinajstić information content (AvgIpc) is 3.03. The number of hydrogen-bond acceptors (Lipinski definition) is 7. The Hall–Kier alpha value is -4.44. The molecule has 1 aliphatic carbocycles. The van der Waals surface area contributed by atoms with Gasteiger partial charge in [-0.3, -0.25) is 24.3 Å². The van der Waals surface area contributed by atoms with Crippen molar-refractivity contribution in [2.24, 2.45) is 5.92 Å². The molecular formula is C34H40ClF3N6O6S. The highest BCUT2D eigenvalue weighted by Gasteiger charge is 2.31. The predicted molar refractivity (Wildman–Crippen MR) is 186 cm³/mol. The summed E-state index contributed by atoms with van der Waals surface area (Å²) in [6.07, 6.45) is 1.69. The maximum atomic E-state index is 13.6. The normalized spacial score (nSPS) is 14.1. The number of nitrogens with zero attached hydrogens (tertiary/aromatic N) is 2. The van der Waals surface area contributed by atoms with Crippen molar-refractivity contribution in [1.82, 2.24) is 19.6 Å². The summed E-state index contributed by atoms with van der Waals surface area (Å²) < 4.78 is 66.5. The minimum absolute atomic E-state index is 0.00719. The smallest absolute Gasteiger partial charge is 0.333 e. The van der Waals surface area contributed by atoms with Crippen molar-refractivity contribution in [2.45, 2.75) is 95.3 Å². The molecule has 1 fully saturated rings. The van der Waals surface area contributed by atoms with E-state index in [4.69, 9.17) is 11.6 Å². The van der Waals surface area contributed by atoms with Gasteiger partial charge in [0.05, 0.1) is 22.6 Å². The lowest BCUT2D eigenvalue weighted by molar-refractivity contribution is -0.137. The number of halogens is 4. The SMILES string of the molecule is CC(C)(C)NC(=O)Nc1nc(Cl)c(CCC2CCCCC2)n(CC(=O)Nc2ccc(CC(=O)NS(=O)(=O)c3ccc(C(F)(F)F)cc3)cc2)c1=O. The third-order valence-corrected chi connectivity index (χ3v) is 9.79. The van der Waals surface area contributed by atoms with Crippen LogP contribution in [0.1, 0.15) is 76.1 Å². The van der Waals surface area contributed by atoms with Gasteiger partial charge in [0.15, 0.2) is 5.15 Å². The summed E-state index contributed by atoms with van der Waals surface area (Å²) in [4.78, 5) is 55.5. The van der Waals surface area contributed by atoms with Crippen LogP contribution in [0.5, 0.6) is 0 Å². The molecule has 276 valence electrons. The number of urea groups is 1. The van der Waals surface area contributed by atoms with Crippen molar-refractivity contribution < 1.29 is 36.0 Å². The Bertz CT molecular complexity index is 1900. The summed E-state index contributed by atoms with van der Waals surface area (Å²) in [6, 6.07) is 7.94. The molecule has 2 aromatic carbocycles. The van der Waals surface area contributed by atoms with Gasteiger partial charge in [-0.2, -0.15) is 13.2 Å². The molecule has 17 heteroatoms. The summed E-state index contributed by atoms with van der Waals surface area (Å²) in [5.74, 6) is -1.40. The molecule has 0 unspecified atom stereocenters. The highest BCUT2D eigenvalue weighted by molar-refractivity contribution is 7.90. The second kappa shape index (κ2) is 16.3. The molecule has 1 saturated carbocycles. The summed E-state index contributed by atoms with van der Waals surface area (Å²) in [6.45, 7) is 4.86. The first-order valence-corrected chi connectivity index (χ1v) is 18.2. The van der Waals surface area contributed by atoms with E-state index in [0.29, 0.717) is 41.4 Å². The maximum absolute atomic E-state index is 13.6. The van der Waals surface area contributed by atoms with Gasteiger partial charge in [0.25, 0.3) is 15.6 Å². The molecule has 51 heavy (non-hydrogen) atoms. The fourth-order valence-electron chi connectivity index (χ4n) is 5.66. The fourth-order valence-corrected chi connectivity index (χ4v) is 6.92. The second-order valence-electron chi connectivity index (χ2n) is 13.4. The van der Waals surface area contributed by atoms with Gasteiger partial charge < -0.3 is 10.6 Å². The van der Waals surface area contributed by atoms with E-state index in [0.717, 1.165) is 44.2 Å². The highest BCUT2D eigenvalue weighted by atomic mass is 35.5. The molecular weight excluding hydrogens is 713 g/mol. The molecule has 1 aliphatic rings. The van der Waals surface area contributed by atoms with Crippen molar-refractivity contribution in [2.75, 3.05) is 10.6 Å². The number of carbonyl (C=O) groups is 3. The molecule has 4 amide bonds. The lowest BCUT2D eigenvalue weighted by Gasteiger charge is -2.23. The average molecular weight is 753 g/mol. The third-order valence-electron chi connectivity index (χ3n) is 8.10. The zero-order valence-corrected chi connectivity index (χ0v) is 29.9.